The van der Waals surface area contributed by atoms with Crippen molar-refractivity contribution in [2.24, 2.45) is 5.92 Å². The van der Waals surface area contributed by atoms with Gasteiger partial charge in [0, 0.05) is 0 Å². The maximum atomic E-state index is 5.95. The summed E-state index contributed by atoms with van der Waals surface area (Å²) in [5, 5.41) is 0. The van der Waals surface area contributed by atoms with Gasteiger partial charge in [0.25, 0.3) is 0 Å². The number of fused-ring (bicyclic) bond motifs is 1. The van der Waals surface area contributed by atoms with Crippen molar-refractivity contribution in [3.8, 4) is 0 Å². The lowest BCUT2D eigenvalue weighted by Crippen LogP contribution is -2.23. The van der Waals surface area contributed by atoms with Gasteiger partial charge in [-0.1, -0.05) is 31.2 Å². The van der Waals surface area contributed by atoms with Crippen LogP contribution >= 0.6 is 0 Å². The highest BCUT2D eigenvalue weighted by Gasteiger charge is 2.60. The molecule has 0 unspecified atom stereocenters. The molecule has 2 aliphatic rings. The van der Waals surface area contributed by atoms with Gasteiger partial charge in [-0.2, -0.15) is 0 Å². The Morgan fingerprint density at radius 3 is 2.93 bits per heavy atom. The summed E-state index contributed by atoms with van der Waals surface area (Å²) >= 11 is 0. The van der Waals surface area contributed by atoms with Crippen LogP contribution in [-0.2, 0) is 10.3 Å². The minimum Gasteiger partial charge on any atom is -0.361 e. The summed E-state index contributed by atoms with van der Waals surface area (Å²) in [6.45, 7) is 4.50. The summed E-state index contributed by atoms with van der Waals surface area (Å²) in [6.07, 6.45) is 5.12. The highest BCUT2D eigenvalue weighted by Crippen LogP contribution is 2.56. The molecule has 1 aromatic carbocycles. The normalized spacial score (nSPS) is 38.5. The molecule has 1 aromatic rings. The van der Waals surface area contributed by atoms with Crippen LogP contribution < -0.4 is 0 Å². The van der Waals surface area contributed by atoms with Crippen LogP contribution in [0.2, 0.25) is 0 Å². The van der Waals surface area contributed by atoms with E-state index in [1.54, 1.807) is 0 Å². The van der Waals surface area contributed by atoms with Gasteiger partial charge in [-0.25, -0.2) is 0 Å². The molecular weight excluding hydrogens is 184 g/mol. The molecule has 0 N–H and O–H groups in total. The third-order valence-electron chi connectivity index (χ3n) is 3.74. The van der Waals surface area contributed by atoms with Gasteiger partial charge in [0.1, 0.15) is 5.60 Å². The van der Waals surface area contributed by atoms with E-state index in [0.717, 1.165) is 5.92 Å². The van der Waals surface area contributed by atoms with E-state index in [0.29, 0.717) is 6.10 Å². The van der Waals surface area contributed by atoms with Gasteiger partial charge in [0.2, 0.25) is 0 Å². The number of aryl methyl sites for hydroxylation is 1. The molecular formula is C14H17O. The number of benzene rings is 1. The first-order chi connectivity index (χ1) is 7.22. The average molecular weight is 201 g/mol. The zero-order valence-corrected chi connectivity index (χ0v) is 9.36. The van der Waals surface area contributed by atoms with Crippen LogP contribution in [0.1, 0.15) is 30.9 Å². The van der Waals surface area contributed by atoms with E-state index in [-0.39, 0.29) is 5.60 Å². The van der Waals surface area contributed by atoms with Crippen LogP contribution in [-0.4, -0.2) is 6.10 Å². The van der Waals surface area contributed by atoms with E-state index < -0.39 is 0 Å². The van der Waals surface area contributed by atoms with Crippen LogP contribution in [0, 0.1) is 19.3 Å². The Hall–Kier alpha value is -0.820. The minimum absolute atomic E-state index is 0.0447. The smallest absolute Gasteiger partial charge is 0.121 e. The third-order valence-corrected chi connectivity index (χ3v) is 3.74. The van der Waals surface area contributed by atoms with Gasteiger partial charge in [0.05, 0.1) is 6.10 Å². The molecule has 2 fully saturated rings. The van der Waals surface area contributed by atoms with E-state index in [1.165, 1.54) is 24.0 Å². The number of ether oxygens (including phenoxy) is 1. The van der Waals surface area contributed by atoms with E-state index in [4.69, 9.17) is 4.74 Å². The lowest BCUT2D eigenvalue weighted by Gasteiger charge is -2.24. The average Bonchev–Trinajstić information content (AvgIpc) is 2.92. The highest BCUT2D eigenvalue weighted by molar-refractivity contribution is 5.38. The predicted molar refractivity (Wildman–Crippen MR) is 60.4 cm³/mol. The Labute approximate surface area is 91.5 Å². The lowest BCUT2D eigenvalue weighted by atomic mass is 9.77. The summed E-state index contributed by atoms with van der Waals surface area (Å²) in [4.78, 5) is 0. The maximum absolute atomic E-state index is 5.95. The summed E-state index contributed by atoms with van der Waals surface area (Å²) in [6, 6.07) is 8.63. The van der Waals surface area contributed by atoms with Gasteiger partial charge >= 0.3 is 0 Å². The zero-order chi connectivity index (χ0) is 10.5. The number of hydrogen-bond donors (Lipinski definition) is 0. The Bertz CT molecular complexity index is 385. The predicted octanol–water partition coefficient (Wildman–Crippen LogP) is 3.22. The number of hydrogen-bond acceptors (Lipinski definition) is 1. The molecule has 15 heavy (non-hydrogen) atoms. The monoisotopic (exact) mass is 201 g/mol. The molecule has 3 atom stereocenters. The van der Waals surface area contributed by atoms with Crippen molar-refractivity contribution < 1.29 is 4.74 Å². The molecule has 1 heteroatoms. The second-order valence-corrected chi connectivity index (χ2v) is 5.02. The second-order valence-electron chi connectivity index (χ2n) is 5.02. The first kappa shape index (κ1) is 9.41. The molecule has 0 bridgehead atoms. The van der Waals surface area contributed by atoms with Crippen molar-refractivity contribution in [2.45, 2.75) is 38.4 Å². The van der Waals surface area contributed by atoms with E-state index in [9.17, 15) is 0 Å². The highest BCUT2D eigenvalue weighted by atomic mass is 16.6. The van der Waals surface area contributed by atoms with Crippen LogP contribution in [0.4, 0.5) is 0 Å². The largest absolute Gasteiger partial charge is 0.361 e. The Morgan fingerprint density at radius 2 is 2.13 bits per heavy atom. The number of rotatable bonds is 1. The molecule has 0 aromatic heterocycles. The fraction of sp³-hybridized carbons (Fsp3) is 0.500. The quantitative estimate of drug-likeness (QED) is 0.635. The van der Waals surface area contributed by atoms with Gasteiger partial charge in [-0.3, -0.25) is 0 Å². The topological polar surface area (TPSA) is 12.5 Å². The zero-order valence-electron chi connectivity index (χ0n) is 9.36. The van der Waals surface area contributed by atoms with Gasteiger partial charge in [0.15, 0.2) is 0 Å². The first-order valence-corrected chi connectivity index (χ1v) is 5.79. The van der Waals surface area contributed by atoms with Gasteiger partial charge in [-0.05, 0) is 43.2 Å². The fourth-order valence-corrected chi connectivity index (χ4v) is 2.93. The van der Waals surface area contributed by atoms with Crippen molar-refractivity contribution in [3.05, 3.63) is 41.8 Å². The van der Waals surface area contributed by atoms with E-state index in [1.807, 2.05) is 0 Å². The summed E-state index contributed by atoms with van der Waals surface area (Å²) in [5.74, 6) is 0.753. The maximum Gasteiger partial charge on any atom is 0.121 e. The summed E-state index contributed by atoms with van der Waals surface area (Å²) in [7, 11) is 0. The molecule has 0 amide bonds. The molecule has 1 saturated carbocycles. The third kappa shape index (κ3) is 1.33. The SMILES string of the molecule is Cc1ccccc1[C@]12C[C@@H](C)C[CH][C@H]1O2. The minimum atomic E-state index is 0.0447. The Kier molecular flexibility index (Phi) is 1.93. The van der Waals surface area contributed by atoms with Crippen LogP contribution in [0.5, 0.6) is 0 Å². The molecule has 1 radical (unpaired) electrons. The van der Waals surface area contributed by atoms with Crippen molar-refractivity contribution in [1.29, 1.82) is 0 Å². The fourth-order valence-electron chi connectivity index (χ4n) is 2.93. The second kappa shape index (κ2) is 3.08. The van der Waals surface area contributed by atoms with E-state index in [2.05, 4.69) is 44.5 Å². The van der Waals surface area contributed by atoms with Crippen molar-refractivity contribution in [3.63, 3.8) is 0 Å². The summed E-state index contributed by atoms with van der Waals surface area (Å²) in [5.41, 5.74) is 2.81. The van der Waals surface area contributed by atoms with Gasteiger partial charge in [-0.15, -0.1) is 0 Å². The molecule has 1 aliphatic heterocycles. The standard InChI is InChI=1S/C14H17O/c1-10-7-8-13-14(9-10,15-13)12-6-4-3-5-11(12)2/h3-6,8,10,13H,7,9H2,1-2H3/t10-,13+,14+/m0/s1. The Balaban J connectivity index is 1.98. The van der Waals surface area contributed by atoms with Crippen LogP contribution in [0.3, 0.4) is 0 Å². The lowest BCUT2D eigenvalue weighted by molar-refractivity contribution is 0.265. The summed E-state index contributed by atoms with van der Waals surface area (Å²) < 4.78 is 5.95. The Morgan fingerprint density at radius 1 is 1.33 bits per heavy atom. The molecule has 79 valence electrons. The number of epoxide rings is 1. The molecule has 1 aliphatic carbocycles. The molecule has 1 saturated heterocycles. The molecule has 1 heterocycles. The van der Waals surface area contributed by atoms with Crippen molar-refractivity contribution in [1.82, 2.24) is 0 Å². The molecule has 3 rings (SSSR count). The van der Waals surface area contributed by atoms with E-state index >= 15 is 0 Å². The molecule has 1 nitrogen and oxygen atoms in total. The van der Waals surface area contributed by atoms with Crippen molar-refractivity contribution >= 4 is 0 Å². The van der Waals surface area contributed by atoms with Crippen LogP contribution in [0.15, 0.2) is 24.3 Å². The first-order valence-electron chi connectivity index (χ1n) is 5.79. The van der Waals surface area contributed by atoms with Gasteiger partial charge < -0.3 is 4.74 Å². The molecule has 0 spiro atoms. The van der Waals surface area contributed by atoms with Crippen molar-refractivity contribution in [2.75, 3.05) is 0 Å². The van der Waals surface area contributed by atoms with Crippen LogP contribution in [0.25, 0.3) is 0 Å².